The van der Waals surface area contributed by atoms with Gasteiger partial charge in [0.1, 0.15) is 17.3 Å². The maximum atomic E-state index is 14.1. The van der Waals surface area contributed by atoms with Gasteiger partial charge in [-0.3, -0.25) is 9.59 Å². The first-order chi connectivity index (χ1) is 14.9. The zero-order valence-electron chi connectivity index (χ0n) is 17.8. The molecule has 4 rings (SSSR count). The van der Waals surface area contributed by atoms with E-state index in [2.05, 4.69) is 10.3 Å². The molecule has 0 bridgehead atoms. The number of amides is 2. The van der Waals surface area contributed by atoms with Crippen LogP contribution in [0.15, 0.2) is 35.0 Å². The second-order valence-electron chi connectivity index (χ2n) is 7.66. The molecule has 162 valence electrons. The third kappa shape index (κ3) is 3.95. The number of nitrogens with zero attached hydrogens (tertiary/aromatic N) is 5. The minimum atomic E-state index is -0.405. The van der Waals surface area contributed by atoms with Gasteiger partial charge >= 0.3 is 0 Å². The van der Waals surface area contributed by atoms with E-state index in [-0.39, 0.29) is 18.2 Å². The Kier molecular flexibility index (Phi) is 5.58. The topological polar surface area (TPSA) is 84.5 Å². The fourth-order valence-corrected chi connectivity index (χ4v) is 3.83. The predicted octanol–water partition coefficient (Wildman–Crippen LogP) is 2.45. The fourth-order valence-electron chi connectivity index (χ4n) is 3.83. The average molecular weight is 425 g/mol. The first-order valence-corrected chi connectivity index (χ1v) is 10.1. The molecular weight excluding hydrogens is 401 g/mol. The standard InChI is InChI=1S/C22H24FN5O3/c1-14-17(16(3)31-25-14)12-21(29)26-8-10-27(11-9-26)22(30)18-13-24-28(15(18)2)20-7-5-4-6-19(20)23/h4-7,13H,8-12H2,1-3H3. The molecule has 0 aliphatic carbocycles. The first-order valence-electron chi connectivity index (χ1n) is 10.1. The quantitative estimate of drug-likeness (QED) is 0.641. The SMILES string of the molecule is Cc1noc(C)c1CC(=O)N1CCN(C(=O)c2cnn(-c3ccccc3F)c2C)CC1. The van der Waals surface area contributed by atoms with Crippen molar-refractivity contribution in [3.63, 3.8) is 0 Å². The second-order valence-corrected chi connectivity index (χ2v) is 7.66. The molecule has 0 unspecified atom stereocenters. The number of halogens is 1. The van der Waals surface area contributed by atoms with E-state index < -0.39 is 5.82 Å². The van der Waals surface area contributed by atoms with Crippen LogP contribution >= 0.6 is 0 Å². The van der Waals surface area contributed by atoms with Crippen molar-refractivity contribution in [3.05, 3.63) is 64.6 Å². The Labute approximate surface area is 179 Å². The molecule has 2 aromatic heterocycles. The highest BCUT2D eigenvalue weighted by Gasteiger charge is 2.28. The van der Waals surface area contributed by atoms with Crippen molar-refractivity contribution in [1.82, 2.24) is 24.7 Å². The van der Waals surface area contributed by atoms with Crippen LogP contribution in [0.25, 0.3) is 5.69 Å². The van der Waals surface area contributed by atoms with Gasteiger partial charge in [-0.1, -0.05) is 17.3 Å². The number of hydrogen-bond donors (Lipinski definition) is 0. The molecule has 3 aromatic rings. The molecule has 0 N–H and O–H groups in total. The smallest absolute Gasteiger partial charge is 0.257 e. The van der Waals surface area contributed by atoms with E-state index in [1.807, 2.05) is 6.92 Å². The molecule has 1 saturated heterocycles. The molecule has 9 heteroatoms. The molecule has 8 nitrogen and oxygen atoms in total. The van der Waals surface area contributed by atoms with Gasteiger partial charge in [-0.05, 0) is 32.9 Å². The van der Waals surface area contributed by atoms with Crippen molar-refractivity contribution in [1.29, 1.82) is 0 Å². The van der Waals surface area contributed by atoms with Gasteiger partial charge in [0.05, 0.1) is 29.6 Å². The van der Waals surface area contributed by atoms with Crippen molar-refractivity contribution in [2.75, 3.05) is 26.2 Å². The lowest BCUT2D eigenvalue weighted by molar-refractivity contribution is -0.131. The van der Waals surface area contributed by atoms with E-state index >= 15 is 0 Å². The van der Waals surface area contributed by atoms with E-state index in [1.54, 1.807) is 41.8 Å². The zero-order valence-corrected chi connectivity index (χ0v) is 17.8. The van der Waals surface area contributed by atoms with Gasteiger partial charge in [0.15, 0.2) is 0 Å². The maximum absolute atomic E-state index is 14.1. The van der Waals surface area contributed by atoms with Crippen LogP contribution in [0.2, 0.25) is 0 Å². The predicted molar refractivity (Wildman–Crippen MR) is 110 cm³/mol. The van der Waals surface area contributed by atoms with E-state index in [1.165, 1.54) is 16.9 Å². The third-order valence-corrected chi connectivity index (χ3v) is 5.75. The summed E-state index contributed by atoms with van der Waals surface area (Å²) in [6.45, 7) is 7.12. The van der Waals surface area contributed by atoms with Gasteiger partial charge in [-0.25, -0.2) is 9.07 Å². The molecule has 1 aromatic carbocycles. The number of aromatic nitrogens is 3. The molecule has 0 radical (unpaired) electrons. The number of para-hydroxylation sites is 1. The van der Waals surface area contributed by atoms with E-state index in [9.17, 15) is 14.0 Å². The van der Waals surface area contributed by atoms with Crippen LogP contribution in [0.3, 0.4) is 0 Å². The van der Waals surface area contributed by atoms with Gasteiger partial charge in [0, 0.05) is 31.7 Å². The Balaban J connectivity index is 1.41. The molecule has 0 atom stereocenters. The molecule has 2 amide bonds. The Morgan fingerprint density at radius 2 is 1.74 bits per heavy atom. The zero-order chi connectivity index (χ0) is 22.1. The summed E-state index contributed by atoms with van der Waals surface area (Å²) >= 11 is 0. The first kappa shape index (κ1) is 20.8. The van der Waals surface area contributed by atoms with Crippen molar-refractivity contribution in [2.24, 2.45) is 0 Å². The van der Waals surface area contributed by atoms with Gasteiger partial charge in [0.25, 0.3) is 5.91 Å². The Morgan fingerprint density at radius 3 is 2.39 bits per heavy atom. The highest BCUT2D eigenvalue weighted by atomic mass is 19.1. The van der Waals surface area contributed by atoms with Crippen LogP contribution < -0.4 is 0 Å². The lowest BCUT2D eigenvalue weighted by atomic mass is 10.1. The second kappa shape index (κ2) is 8.33. The third-order valence-electron chi connectivity index (χ3n) is 5.75. The minimum Gasteiger partial charge on any atom is -0.361 e. The molecule has 3 heterocycles. The summed E-state index contributed by atoms with van der Waals surface area (Å²) < 4.78 is 20.7. The normalized spacial score (nSPS) is 14.2. The van der Waals surface area contributed by atoms with Crippen LogP contribution in [0.5, 0.6) is 0 Å². The largest absolute Gasteiger partial charge is 0.361 e. The van der Waals surface area contributed by atoms with Gasteiger partial charge in [-0.2, -0.15) is 5.10 Å². The molecular formula is C22H24FN5O3. The number of rotatable bonds is 4. The van der Waals surface area contributed by atoms with E-state index in [0.717, 1.165) is 11.3 Å². The summed E-state index contributed by atoms with van der Waals surface area (Å²) in [7, 11) is 0. The van der Waals surface area contributed by atoms with Crippen LogP contribution in [0.1, 0.15) is 33.1 Å². The number of carbonyl (C=O) groups excluding carboxylic acids is 2. The Morgan fingerprint density at radius 1 is 1.06 bits per heavy atom. The van der Waals surface area contributed by atoms with Crippen LogP contribution in [0, 0.1) is 26.6 Å². The number of benzene rings is 1. The highest BCUT2D eigenvalue weighted by Crippen LogP contribution is 2.20. The Hall–Kier alpha value is -3.49. The summed E-state index contributed by atoms with van der Waals surface area (Å²) in [5, 5.41) is 8.10. The van der Waals surface area contributed by atoms with Crippen LogP contribution in [-0.4, -0.2) is 62.7 Å². The summed E-state index contributed by atoms with van der Waals surface area (Å²) in [6, 6.07) is 6.31. The van der Waals surface area contributed by atoms with Crippen molar-refractivity contribution < 1.29 is 18.5 Å². The molecule has 1 aliphatic heterocycles. The summed E-state index contributed by atoms with van der Waals surface area (Å²) in [5.41, 5.74) is 2.85. The molecule has 0 spiro atoms. The lowest BCUT2D eigenvalue weighted by Crippen LogP contribution is -2.51. The molecule has 1 aliphatic rings. The summed E-state index contributed by atoms with van der Waals surface area (Å²) in [6.07, 6.45) is 1.71. The van der Waals surface area contributed by atoms with E-state index in [4.69, 9.17) is 4.52 Å². The Bertz CT molecular complexity index is 1110. The summed E-state index contributed by atoms with van der Waals surface area (Å²) in [4.78, 5) is 29.2. The van der Waals surface area contributed by atoms with Crippen molar-refractivity contribution in [3.8, 4) is 5.69 Å². The molecule has 0 saturated carbocycles. The number of piperazine rings is 1. The number of carbonyl (C=O) groups is 2. The lowest BCUT2D eigenvalue weighted by Gasteiger charge is -2.34. The van der Waals surface area contributed by atoms with Gasteiger partial charge in [0.2, 0.25) is 5.91 Å². The van der Waals surface area contributed by atoms with Crippen molar-refractivity contribution >= 4 is 11.8 Å². The van der Waals surface area contributed by atoms with Gasteiger partial charge in [-0.15, -0.1) is 0 Å². The number of hydrogen-bond acceptors (Lipinski definition) is 5. The van der Waals surface area contributed by atoms with Crippen LogP contribution in [0.4, 0.5) is 4.39 Å². The number of aryl methyl sites for hydroxylation is 2. The monoisotopic (exact) mass is 425 g/mol. The molecule has 1 fully saturated rings. The van der Waals surface area contributed by atoms with Gasteiger partial charge < -0.3 is 14.3 Å². The van der Waals surface area contributed by atoms with E-state index in [0.29, 0.717) is 48.9 Å². The van der Waals surface area contributed by atoms with Crippen LogP contribution in [-0.2, 0) is 11.2 Å². The fraction of sp³-hybridized carbons (Fsp3) is 0.364. The minimum absolute atomic E-state index is 0.00921. The average Bonchev–Trinajstić information content (AvgIpc) is 3.30. The maximum Gasteiger partial charge on any atom is 0.257 e. The summed E-state index contributed by atoms with van der Waals surface area (Å²) in [5.74, 6) is 0.0723. The molecule has 31 heavy (non-hydrogen) atoms. The van der Waals surface area contributed by atoms with Crippen molar-refractivity contribution in [2.45, 2.75) is 27.2 Å². The highest BCUT2D eigenvalue weighted by molar-refractivity contribution is 5.95.